The molecule has 2 rings (SSSR count). The minimum absolute atomic E-state index is 0.219. The van der Waals surface area contributed by atoms with Crippen molar-refractivity contribution >= 4 is 0 Å². The lowest BCUT2D eigenvalue weighted by Crippen LogP contribution is -1.87. The van der Waals surface area contributed by atoms with E-state index in [1.807, 2.05) is 31.2 Å². The number of hydrogen-bond acceptors (Lipinski definition) is 2. The van der Waals surface area contributed by atoms with Crippen LogP contribution in [0.4, 0.5) is 0 Å². The largest absolute Gasteiger partial charge is 0.504 e. The number of benzene rings is 1. The fourth-order valence-corrected chi connectivity index (χ4v) is 1.39. The van der Waals surface area contributed by atoms with Crippen LogP contribution in [0.15, 0.2) is 30.5 Å². The first-order valence-electron chi connectivity index (χ1n) is 4.46. The Hall–Kier alpha value is -1.77. The summed E-state index contributed by atoms with van der Waals surface area (Å²) in [5, 5.41) is 13.7. The molecule has 14 heavy (non-hydrogen) atoms. The van der Waals surface area contributed by atoms with Crippen LogP contribution in [0.5, 0.6) is 5.75 Å². The van der Waals surface area contributed by atoms with Crippen molar-refractivity contribution in [3.05, 3.63) is 36.0 Å². The third-order valence-electron chi connectivity index (χ3n) is 2.13. The number of hydrogen-bond donors (Lipinski definition) is 1. The van der Waals surface area contributed by atoms with E-state index in [9.17, 15) is 5.11 Å². The maximum Gasteiger partial charge on any atom is 0.161 e. The molecule has 1 heterocycles. The lowest BCUT2D eigenvalue weighted by atomic mass is 10.1. The highest BCUT2D eigenvalue weighted by Gasteiger charge is 2.07. The van der Waals surface area contributed by atoms with Crippen LogP contribution in [0.3, 0.4) is 0 Å². The Morgan fingerprint density at radius 1 is 1.21 bits per heavy atom. The van der Waals surface area contributed by atoms with E-state index in [2.05, 4.69) is 5.10 Å². The number of aryl methyl sites for hydroxylation is 2. The molecule has 0 saturated heterocycles. The molecule has 0 spiro atoms. The fraction of sp³-hybridized carbons (Fsp3) is 0.182. The summed E-state index contributed by atoms with van der Waals surface area (Å²) < 4.78 is 1.60. The van der Waals surface area contributed by atoms with Gasteiger partial charge in [-0.05, 0) is 6.92 Å². The highest BCUT2D eigenvalue weighted by atomic mass is 16.3. The standard InChI is InChI=1S/C11H12N2O/c1-8-3-5-9(6-4-8)11-10(14)7-13(2)12-11/h3-7,14H,1-2H3. The first-order chi connectivity index (χ1) is 6.66. The molecular formula is C11H12N2O. The minimum Gasteiger partial charge on any atom is -0.504 e. The molecule has 0 aliphatic carbocycles. The van der Waals surface area contributed by atoms with Gasteiger partial charge in [0.2, 0.25) is 0 Å². The van der Waals surface area contributed by atoms with Gasteiger partial charge in [0, 0.05) is 12.6 Å². The van der Waals surface area contributed by atoms with Gasteiger partial charge in [0.25, 0.3) is 0 Å². The molecule has 1 N–H and O–H groups in total. The second-order valence-electron chi connectivity index (χ2n) is 3.40. The van der Waals surface area contributed by atoms with Gasteiger partial charge in [0.05, 0.1) is 6.20 Å². The Kier molecular flexibility index (Phi) is 2.00. The average Bonchev–Trinajstić information content (AvgIpc) is 2.47. The third kappa shape index (κ3) is 1.48. The van der Waals surface area contributed by atoms with Crippen molar-refractivity contribution in [1.29, 1.82) is 0 Å². The van der Waals surface area contributed by atoms with Gasteiger partial charge in [0.15, 0.2) is 5.75 Å². The van der Waals surface area contributed by atoms with Gasteiger partial charge in [-0.3, -0.25) is 4.68 Å². The van der Waals surface area contributed by atoms with Gasteiger partial charge in [-0.25, -0.2) is 0 Å². The second kappa shape index (κ2) is 3.18. The number of nitrogens with zero attached hydrogens (tertiary/aromatic N) is 2. The van der Waals surface area contributed by atoms with Crippen LogP contribution in [0.2, 0.25) is 0 Å². The Morgan fingerprint density at radius 2 is 1.86 bits per heavy atom. The van der Waals surface area contributed by atoms with Crippen molar-refractivity contribution in [3.63, 3.8) is 0 Å². The van der Waals surface area contributed by atoms with E-state index in [-0.39, 0.29) is 5.75 Å². The molecule has 0 atom stereocenters. The summed E-state index contributed by atoms with van der Waals surface area (Å²) in [6.45, 7) is 2.03. The molecule has 0 bridgehead atoms. The molecule has 0 aliphatic heterocycles. The molecule has 2 aromatic rings. The molecule has 0 unspecified atom stereocenters. The van der Waals surface area contributed by atoms with Gasteiger partial charge in [-0.2, -0.15) is 5.10 Å². The van der Waals surface area contributed by atoms with E-state index in [1.165, 1.54) is 5.56 Å². The van der Waals surface area contributed by atoms with Crippen molar-refractivity contribution in [3.8, 4) is 17.0 Å². The molecule has 0 fully saturated rings. The predicted octanol–water partition coefficient (Wildman–Crippen LogP) is 2.10. The SMILES string of the molecule is Cc1ccc(-c2nn(C)cc2O)cc1. The summed E-state index contributed by atoms with van der Waals surface area (Å²) in [5.41, 5.74) is 2.77. The Bertz CT molecular complexity index is 443. The molecule has 0 radical (unpaired) electrons. The molecule has 3 heteroatoms. The summed E-state index contributed by atoms with van der Waals surface area (Å²) in [4.78, 5) is 0. The van der Waals surface area contributed by atoms with E-state index < -0.39 is 0 Å². The molecule has 0 amide bonds. The van der Waals surface area contributed by atoms with Gasteiger partial charge in [0.1, 0.15) is 5.69 Å². The van der Waals surface area contributed by atoms with E-state index in [0.29, 0.717) is 5.69 Å². The summed E-state index contributed by atoms with van der Waals surface area (Å²) in [5.74, 6) is 0.219. The Balaban J connectivity index is 2.49. The summed E-state index contributed by atoms with van der Waals surface area (Å²) in [7, 11) is 1.79. The first kappa shape index (κ1) is 8.81. The minimum atomic E-state index is 0.219. The van der Waals surface area contributed by atoms with E-state index in [1.54, 1.807) is 17.9 Å². The number of rotatable bonds is 1. The van der Waals surface area contributed by atoms with Crippen LogP contribution in [0.25, 0.3) is 11.3 Å². The number of aromatic hydroxyl groups is 1. The van der Waals surface area contributed by atoms with Crippen molar-refractivity contribution in [2.45, 2.75) is 6.92 Å². The quantitative estimate of drug-likeness (QED) is 0.744. The van der Waals surface area contributed by atoms with Gasteiger partial charge in [-0.1, -0.05) is 29.8 Å². The highest BCUT2D eigenvalue weighted by molar-refractivity contribution is 5.65. The Morgan fingerprint density at radius 3 is 2.36 bits per heavy atom. The summed E-state index contributed by atoms with van der Waals surface area (Å²) in [6, 6.07) is 7.92. The molecule has 1 aromatic heterocycles. The fourth-order valence-electron chi connectivity index (χ4n) is 1.39. The predicted molar refractivity (Wildman–Crippen MR) is 55.0 cm³/mol. The summed E-state index contributed by atoms with van der Waals surface area (Å²) >= 11 is 0. The molecular weight excluding hydrogens is 176 g/mol. The van der Waals surface area contributed by atoms with E-state index in [4.69, 9.17) is 0 Å². The van der Waals surface area contributed by atoms with Gasteiger partial charge in [-0.15, -0.1) is 0 Å². The van der Waals surface area contributed by atoms with Crippen LogP contribution in [-0.2, 0) is 7.05 Å². The topological polar surface area (TPSA) is 38.0 Å². The zero-order valence-corrected chi connectivity index (χ0v) is 8.23. The average molecular weight is 188 g/mol. The van der Waals surface area contributed by atoms with E-state index in [0.717, 1.165) is 5.56 Å². The van der Waals surface area contributed by atoms with E-state index >= 15 is 0 Å². The monoisotopic (exact) mass is 188 g/mol. The van der Waals surface area contributed by atoms with Crippen LogP contribution in [0, 0.1) is 6.92 Å². The van der Waals surface area contributed by atoms with Crippen LogP contribution in [-0.4, -0.2) is 14.9 Å². The van der Waals surface area contributed by atoms with Crippen LogP contribution in [0.1, 0.15) is 5.56 Å². The van der Waals surface area contributed by atoms with Crippen molar-refractivity contribution in [2.24, 2.45) is 7.05 Å². The summed E-state index contributed by atoms with van der Waals surface area (Å²) in [6.07, 6.45) is 1.59. The Labute approximate surface area is 82.6 Å². The molecule has 0 saturated carbocycles. The zero-order chi connectivity index (χ0) is 10.1. The second-order valence-corrected chi connectivity index (χ2v) is 3.40. The van der Waals surface area contributed by atoms with Crippen LogP contribution >= 0.6 is 0 Å². The van der Waals surface area contributed by atoms with Crippen molar-refractivity contribution in [2.75, 3.05) is 0 Å². The smallest absolute Gasteiger partial charge is 0.161 e. The molecule has 0 aliphatic rings. The van der Waals surface area contributed by atoms with Gasteiger partial charge >= 0.3 is 0 Å². The first-order valence-corrected chi connectivity index (χ1v) is 4.46. The number of aromatic nitrogens is 2. The normalized spacial score (nSPS) is 10.4. The van der Waals surface area contributed by atoms with Crippen molar-refractivity contribution in [1.82, 2.24) is 9.78 Å². The lowest BCUT2D eigenvalue weighted by molar-refractivity contribution is 0.476. The molecule has 3 nitrogen and oxygen atoms in total. The molecule has 72 valence electrons. The zero-order valence-electron chi connectivity index (χ0n) is 8.23. The third-order valence-corrected chi connectivity index (χ3v) is 2.13. The maximum atomic E-state index is 9.57. The lowest BCUT2D eigenvalue weighted by Gasteiger charge is -1.97. The van der Waals surface area contributed by atoms with Gasteiger partial charge < -0.3 is 5.11 Å². The van der Waals surface area contributed by atoms with Crippen molar-refractivity contribution < 1.29 is 5.11 Å². The molecule has 1 aromatic carbocycles. The van der Waals surface area contributed by atoms with Crippen LogP contribution < -0.4 is 0 Å². The highest BCUT2D eigenvalue weighted by Crippen LogP contribution is 2.26. The maximum absolute atomic E-state index is 9.57.